The Morgan fingerprint density at radius 2 is 1.82 bits per heavy atom. The molecule has 11 nitrogen and oxygen atoms in total. The molecule has 0 spiro atoms. The molecule has 0 bridgehead atoms. The summed E-state index contributed by atoms with van der Waals surface area (Å²) in [6, 6.07) is 17.8. The van der Waals surface area contributed by atoms with Crippen LogP contribution < -0.4 is 22.3 Å². The first kappa shape index (κ1) is 28.7. The van der Waals surface area contributed by atoms with Gasteiger partial charge in [0.25, 0.3) is 11.5 Å². The van der Waals surface area contributed by atoms with Crippen LogP contribution in [0.1, 0.15) is 47.1 Å². The molecule has 6 aromatic rings. The molecule has 4 heterocycles. The minimum Gasteiger partial charge on any atom is -0.381 e. The van der Waals surface area contributed by atoms with E-state index < -0.39 is 11.9 Å². The third kappa shape index (κ3) is 5.30. The number of benzene rings is 2. The number of aromatic nitrogens is 6. The quantitative estimate of drug-likeness (QED) is 0.148. The standard InChI is InChI=1S/C32H29N9O2S/c1-19(37-30(42)27-28(34)38-40-16-8-15-35-29(27)40)25-17-22-10-7-9-21(13-14-23-18-36-39(3)32(23)44-20(2)33)26(22)31(43)41(25)24-11-5-4-6-12-24/h4-12,15-20H,33H2,1-3H3,(H2,34,38)(H,37,42). The smallest absolute Gasteiger partial charge is 0.264 e. The first-order valence-electron chi connectivity index (χ1n) is 13.8. The lowest BCUT2D eigenvalue weighted by atomic mass is 10.0. The summed E-state index contributed by atoms with van der Waals surface area (Å²) >= 11 is 1.47. The summed E-state index contributed by atoms with van der Waals surface area (Å²) in [6.07, 6.45) is 4.93. The molecule has 0 radical (unpaired) electrons. The fourth-order valence-corrected chi connectivity index (χ4v) is 5.86. The van der Waals surface area contributed by atoms with Crippen molar-refractivity contribution >= 4 is 39.9 Å². The number of para-hydroxylation sites is 1. The van der Waals surface area contributed by atoms with Crippen molar-refractivity contribution in [2.45, 2.75) is 30.3 Å². The lowest BCUT2D eigenvalue weighted by Gasteiger charge is -2.21. The van der Waals surface area contributed by atoms with Crippen LogP contribution in [0.2, 0.25) is 0 Å². The van der Waals surface area contributed by atoms with Gasteiger partial charge in [0.2, 0.25) is 0 Å². The summed E-state index contributed by atoms with van der Waals surface area (Å²) in [6.45, 7) is 3.72. The Balaban J connectivity index is 1.46. The number of aryl methyl sites for hydroxylation is 1. The number of amides is 1. The number of thioether (sulfide) groups is 1. The Labute approximate surface area is 256 Å². The van der Waals surface area contributed by atoms with Crippen LogP contribution in [-0.2, 0) is 7.05 Å². The normalized spacial score (nSPS) is 12.5. The van der Waals surface area contributed by atoms with Gasteiger partial charge in [-0.3, -0.25) is 18.8 Å². The molecule has 44 heavy (non-hydrogen) atoms. The molecule has 2 aromatic carbocycles. The number of nitrogen functional groups attached to an aromatic ring is 1. The Morgan fingerprint density at radius 1 is 1.05 bits per heavy atom. The van der Waals surface area contributed by atoms with Crippen molar-refractivity contribution in [2.24, 2.45) is 12.8 Å². The minimum absolute atomic E-state index is 0.0617. The Bertz CT molecular complexity index is 2150. The highest BCUT2D eigenvalue weighted by atomic mass is 32.2. The van der Waals surface area contributed by atoms with Crippen LogP contribution in [0.5, 0.6) is 0 Å². The van der Waals surface area contributed by atoms with E-state index in [1.165, 1.54) is 16.3 Å². The number of carbonyl (C=O) groups is 1. The molecule has 2 unspecified atom stereocenters. The average molecular weight is 604 g/mol. The Kier molecular flexibility index (Phi) is 7.65. The lowest BCUT2D eigenvalue weighted by molar-refractivity contribution is 0.0941. The van der Waals surface area contributed by atoms with Crippen LogP contribution in [0, 0.1) is 11.8 Å². The van der Waals surface area contributed by atoms with Crippen molar-refractivity contribution in [3.63, 3.8) is 0 Å². The van der Waals surface area contributed by atoms with Crippen LogP contribution in [0.3, 0.4) is 0 Å². The van der Waals surface area contributed by atoms with E-state index in [4.69, 9.17) is 11.5 Å². The summed E-state index contributed by atoms with van der Waals surface area (Å²) in [5, 5.41) is 13.4. The second-order valence-electron chi connectivity index (χ2n) is 10.2. The van der Waals surface area contributed by atoms with Crippen LogP contribution >= 0.6 is 11.8 Å². The summed E-state index contributed by atoms with van der Waals surface area (Å²) in [5.41, 5.74) is 14.9. The van der Waals surface area contributed by atoms with Gasteiger partial charge in [0.1, 0.15) is 10.6 Å². The van der Waals surface area contributed by atoms with Gasteiger partial charge in [-0.2, -0.15) is 5.10 Å². The molecule has 6 rings (SSSR count). The number of anilines is 1. The molecule has 0 aliphatic heterocycles. The van der Waals surface area contributed by atoms with Crippen LogP contribution in [-0.4, -0.2) is 40.2 Å². The van der Waals surface area contributed by atoms with E-state index in [2.05, 4.69) is 32.3 Å². The van der Waals surface area contributed by atoms with Crippen molar-refractivity contribution in [3.05, 3.63) is 112 Å². The van der Waals surface area contributed by atoms with E-state index in [-0.39, 0.29) is 22.3 Å². The molecule has 0 saturated carbocycles. The zero-order valence-corrected chi connectivity index (χ0v) is 25.0. The monoisotopic (exact) mass is 603 g/mol. The number of pyridine rings is 1. The van der Waals surface area contributed by atoms with Crippen LogP contribution in [0.4, 0.5) is 5.82 Å². The summed E-state index contributed by atoms with van der Waals surface area (Å²) in [7, 11) is 1.84. The molecule has 0 saturated heterocycles. The van der Waals surface area contributed by atoms with Crippen molar-refractivity contribution in [1.29, 1.82) is 0 Å². The number of fused-ring (bicyclic) bond motifs is 2. The van der Waals surface area contributed by atoms with Gasteiger partial charge in [-0.25, -0.2) is 9.50 Å². The fraction of sp³-hybridized carbons (Fsp3) is 0.156. The van der Waals surface area contributed by atoms with Crippen molar-refractivity contribution in [3.8, 4) is 17.5 Å². The van der Waals surface area contributed by atoms with Gasteiger partial charge >= 0.3 is 0 Å². The SMILES string of the molecule is CC(N)Sc1c(C#Cc2cccc3cc(C(C)NC(=O)c4c(N)nn5cccnc45)n(-c4ccccc4)c(=O)c23)cnn1C. The number of rotatable bonds is 6. The summed E-state index contributed by atoms with van der Waals surface area (Å²) < 4.78 is 4.80. The Morgan fingerprint density at radius 3 is 2.59 bits per heavy atom. The van der Waals surface area contributed by atoms with E-state index in [9.17, 15) is 9.59 Å². The highest BCUT2D eigenvalue weighted by molar-refractivity contribution is 7.99. The summed E-state index contributed by atoms with van der Waals surface area (Å²) in [5.74, 6) is 6.01. The van der Waals surface area contributed by atoms with Gasteiger partial charge in [-0.1, -0.05) is 53.9 Å². The van der Waals surface area contributed by atoms with E-state index in [1.807, 2.05) is 75.5 Å². The molecule has 1 amide bonds. The predicted molar refractivity (Wildman–Crippen MR) is 172 cm³/mol. The zero-order valence-electron chi connectivity index (χ0n) is 24.2. The van der Waals surface area contributed by atoms with Gasteiger partial charge in [-0.15, -0.1) is 5.10 Å². The molecule has 2 atom stereocenters. The van der Waals surface area contributed by atoms with E-state index in [1.54, 1.807) is 33.9 Å². The van der Waals surface area contributed by atoms with Gasteiger partial charge in [0.05, 0.1) is 28.6 Å². The number of nitrogens with one attached hydrogen (secondary N) is 1. The molecule has 5 N–H and O–H groups in total. The maximum atomic E-state index is 14.3. The molecule has 0 aliphatic carbocycles. The highest BCUT2D eigenvalue weighted by Gasteiger charge is 2.24. The highest BCUT2D eigenvalue weighted by Crippen LogP contribution is 2.26. The Hall–Kier alpha value is -5.38. The molecule has 12 heteroatoms. The second-order valence-corrected chi connectivity index (χ2v) is 11.6. The first-order valence-corrected chi connectivity index (χ1v) is 14.7. The predicted octanol–water partition coefficient (Wildman–Crippen LogP) is 3.64. The van der Waals surface area contributed by atoms with Crippen molar-refractivity contribution in [1.82, 2.24) is 34.3 Å². The van der Waals surface area contributed by atoms with E-state index in [0.29, 0.717) is 33.4 Å². The van der Waals surface area contributed by atoms with Crippen LogP contribution in [0.25, 0.3) is 22.1 Å². The number of nitrogens with zero attached hydrogens (tertiary/aromatic N) is 6. The average Bonchev–Trinajstić information content (AvgIpc) is 3.53. The maximum absolute atomic E-state index is 14.3. The molecule has 0 fully saturated rings. The maximum Gasteiger partial charge on any atom is 0.264 e. The van der Waals surface area contributed by atoms with Gasteiger partial charge in [0, 0.05) is 36.4 Å². The number of nitrogens with two attached hydrogens (primary N) is 2. The van der Waals surface area contributed by atoms with Crippen molar-refractivity contribution < 1.29 is 4.79 Å². The first-order chi connectivity index (χ1) is 21.2. The van der Waals surface area contributed by atoms with E-state index >= 15 is 0 Å². The molecular weight excluding hydrogens is 574 g/mol. The third-order valence-corrected chi connectivity index (χ3v) is 8.12. The second kappa shape index (κ2) is 11.7. The third-order valence-electron chi connectivity index (χ3n) is 7.04. The molecule has 0 aliphatic rings. The lowest BCUT2D eigenvalue weighted by Crippen LogP contribution is -2.32. The number of hydrogen-bond donors (Lipinski definition) is 3. The van der Waals surface area contributed by atoms with E-state index in [0.717, 1.165) is 10.6 Å². The fourth-order valence-electron chi connectivity index (χ4n) is 5.08. The van der Waals surface area contributed by atoms with Gasteiger partial charge in [-0.05, 0) is 49.6 Å². The van der Waals surface area contributed by atoms with Gasteiger partial charge < -0.3 is 16.8 Å². The number of hydrogen-bond acceptors (Lipinski definition) is 8. The van der Waals surface area contributed by atoms with Crippen molar-refractivity contribution in [2.75, 3.05) is 5.73 Å². The largest absolute Gasteiger partial charge is 0.381 e. The van der Waals surface area contributed by atoms with Crippen LogP contribution in [0.15, 0.2) is 89.1 Å². The number of carbonyl (C=O) groups excluding carboxylic acids is 1. The summed E-state index contributed by atoms with van der Waals surface area (Å²) in [4.78, 5) is 32.1. The minimum atomic E-state index is -0.596. The molecular formula is C32H29N9O2S. The molecule has 4 aromatic heterocycles. The molecule has 220 valence electrons. The van der Waals surface area contributed by atoms with Gasteiger partial charge in [0.15, 0.2) is 11.5 Å². The zero-order chi connectivity index (χ0) is 31.0. The topological polar surface area (TPSA) is 151 Å².